The van der Waals surface area contributed by atoms with Crippen molar-refractivity contribution in [1.82, 2.24) is 9.78 Å². The van der Waals surface area contributed by atoms with Crippen LogP contribution in [0.1, 0.15) is 17.3 Å². The summed E-state index contributed by atoms with van der Waals surface area (Å²) in [6, 6.07) is 9.95. The van der Waals surface area contributed by atoms with E-state index >= 15 is 0 Å². The molecule has 0 radical (unpaired) electrons. The van der Waals surface area contributed by atoms with E-state index in [-0.39, 0.29) is 6.04 Å². The number of aromatic nitrogens is 2. The molecule has 1 aromatic carbocycles. The van der Waals surface area contributed by atoms with E-state index < -0.39 is 0 Å². The van der Waals surface area contributed by atoms with Crippen LogP contribution < -0.4 is 5.73 Å². The SMILES string of the molecule is COCCn1ncc(Cl)c1C(N)Cc1ccccc1. The predicted molar refractivity (Wildman–Crippen MR) is 76.2 cm³/mol. The highest BCUT2D eigenvalue weighted by atomic mass is 35.5. The van der Waals surface area contributed by atoms with Gasteiger partial charge in [0, 0.05) is 7.11 Å². The van der Waals surface area contributed by atoms with E-state index in [9.17, 15) is 0 Å². The van der Waals surface area contributed by atoms with Crippen molar-refractivity contribution in [2.24, 2.45) is 5.73 Å². The van der Waals surface area contributed by atoms with Crippen molar-refractivity contribution < 1.29 is 4.74 Å². The van der Waals surface area contributed by atoms with Crippen molar-refractivity contribution in [1.29, 1.82) is 0 Å². The summed E-state index contributed by atoms with van der Waals surface area (Å²) in [5, 5.41) is 4.85. The lowest BCUT2D eigenvalue weighted by Crippen LogP contribution is -2.20. The molecule has 0 bridgehead atoms. The molecular formula is C14H18ClN3O. The van der Waals surface area contributed by atoms with Crippen LogP contribution in [0.5, 0.6) is 0 Å². The Bertz CT molecular complexity index is 513. The van der Waals surface area contributed by atoms with Gasteiger partial charge in [0.15, 0.2) is 0 Å². The van der Waals surface area contributed by atoms with E-state index in [0.29, 0.717) is 18.2 Å². The second-order valence-corrected chi connectivity index (χ2v) is 4.80. The first-order valence-corrected chi connectivity index (χ1v) is 6.60. The zero-order valence-corrected chi connectivity index (χ0v) is 11.7. The first kappa shape index (κ1) is 14.1. The van der Waals surface area contributed by atoms with Crippen LogP contribution in [0.2, 0.25) is 5.02 Å². The van der Waals surface area contributed by atoms with Crippen molar-refractivity contribution >= 4 is 11.6 Å². The van der Waals surface area contributed by atoms with E-state index in [1.807, 2.05) is 22.9 Å². The summed E-state index contributed by atoms with van der Waals surface area (Å²) in [6.45, 7) is 1.24. The highest BCUT2D eigenvalue weighted by molar-refractivity contribution is 6.31. The topological polar surface area (TPSA) is 53.1 Å². The third-order valence-electron chi connectivity index (χ3n) is 2.99. The Labute approximate surface area is 118 Å². The van der Waals surface area contributed by atoms with Gasteiger partial charge in [-0.1, -0.05) is 41.9 Å². The smallest absolute Gasteiger partial charge is 0.0834 e. The number of ether oxygens (including phenoxy) is 1. The van der Waals surface area contributed by atoms with Crippen LogP contribution in [-0.4, -0.2) is 23.5 Å². The Morgan fingerprint density at radius 3 is 2.79 bits per heavy atom. The van der Waals surface area contributed by atoms with Gasteiger partial charge in [-0.3, -0.25) is 4.68 Å². The Morgan fingerprint density at radius 1 is 1.37 bits per heavy atom. The number of nitrogens with zero attached hydrogens (tertiary/aromatic N) is 2. The van der Waals surface area contributed by atoms with Gasteiger partial charge in [0.05, 0.1) is 36.1 Å². The number of hydrogen-bond acceptors (Lipinski definition) is 3. The average Bonchev–Trinajstić information content (AvgIpc) is 2.78. The molecule has 0 aliphatic carbocycles. The van der Waals surface area contributed by atoms with Gasteiger partial charge in [-0.25, -0.2) is 0 Å². The van der Waals surface area contributed by atoms with Crippen LogP contribution in [0.4, 0.5) is 0 Å². The molecule has 5 heteroatoms. The number of hydrogen-bond donors (Lipinski definition) is 1. The number of nitrogens with two attached hydrogens (primary N) is 1. The first-order chi connectivity index (χ1) is 9.22. The van der Waals surface area contributed by atoms with Crippen LogP contribution in [0.3, 0.4) is 0 Å². The van der Waals surface area contributed by atoms with Gasteiger partial charge >= 0.3 is 0 Å². The van der Waals surface area contributed by atoms with Gasteiger partial charge in [0.2, 0.25) is 0 Å². The Morgan fingerprint density at radius 2 is 2.11 bits per heavy atom. The molecule has 1 unspecified atom stereocenters. The van der Waals surface area contributed by atoms with Crippen LogP contribution in [0, 0.1) is 0 Å². The van der Waals surface area contributed by atoms with Gasteiger partial charge in [-0.2, -0.15) is 5.10 Å². The van der Waals surface area contributed by atoms with Gasteiger partial charge in [-0.15, -0.1) is 0 Å². The number of benzene rings is 1. The maximum absolute atomic E-state index is 6.26. The van der Waals surface area contributed by atoms with Gasteiger partial charge in [0.25, 0.3) is 0 Å². The van der Waals surface area contributed by atoms with Crippen LogP contribution in [-0.2, 0) is 17.7 Å². The lowest BCUT2D eigenvalue weighted by atomic mass is 10.0. The predicted octanol–water partition coefficient (Wildman–Crippen LogP) is 2.43. The molecule has 2 N–H and O–H groups in total. The third-order valence-corrected chi connectivity index (χ3v) is 3.28. The van der Waals surface area contributed by atoms with Crippen LogP contribution in [0.15, 0.2) is 36.5 Å². The van der Waals surface area contributed by atoms with Gasteiger partial charge < -0.3 is 10.5 Å². The summed E-state index contributed by atoms with van der Waals surface area (Å²) in [6.07, 6.45) is 2.37. The summed E-state index contributed by atoms with van der Waals surface area (Å²) in [5.41, 5.74) is 8.31. The zero-order valence-electron chi connectivity index (χ0n) is 10.9. The normalized spacial score (nSPS) is 12.6. The maximum Gasteiger partial charge on any atom is 0.0834 e. The quantitative estimate of drug-likeness (QED) is 0.883. The Balaban J connectivity index is 2.14. The lowest BCUT2D eigenvalue weighted by Gasteiger charge is -2.15. The number of rotatable bonds is 6. The molecule has 1 heterocycles. The van der Waals surface area contributed by atoms with Crippen molar-refractivity contribution in [3.63, 3.8) is 0 Å². The largest absolute Gasteiger partial charge is 0.383 e. The van der Waals surface area contributed by atoms with Gasteiger partial charge in [-0.05, 0) is 12.0 Å². The summed E-state index contributed by atoms with van der Waals surface area (Å²) >= 11 is 6.18. The molecule has 1 atom stereocenters. The standard InChI is InChI=1S/C14H18ClN3O/c1-19-8-7-18-14(12(15)10-17-18)13(16)9-11-5-3-2-4-6-11/h2-6,10,13H,7-9,16H2,1H3. The molecule has 1 aromatic heterocycles. The fraction of sp³-hybridized carbons (Fsp3) is 0.357. The molecule has 19 heavy (non-hydrogen) atoms. The van der Waals surface area contributed by atoms with E-state index in [0.717, 1.165) is 12.1 Å². The molecule has 0 saturated carbocycles. The van der Waals surface area contributed by atoms with Crippen LogP contribution in [0.25, 0.3) is 0 Å². The average molecular weight is 280 g/mol. The molecular weight excluding hydrogens is 262 g/mol. The fourth-order valence-electron chi connectivity index (χ4n) is 2.06. The Hall–Kier alpha value is -1.36. The summed E-state index contributed by atoms with van der Waals surface area (Å²) in [5.74, 6) is 0. The van der Waals surface area contributed by atoms with Gasteiger partial charge in [0.1, 0.15) is 0 Å². The van der Waals surface area contributed by atoms with Crippen LogP contribution >= 0.6 is 11.6 Å². The lowest BCUT2D eigenvalue weighted by molar-refractivity contribution is 0.182. The molecule has 102 valence electrons. The monoisotopic (exact) mass is 279 g/mol. The minimum atomic E-state index is -0.172. The molecule has 2 rings (SSSR count). The maximum atomic E-state index is 6.26. The minimum absolute atomic E-state index is 0.172. The molecule has 0 saturated heterocycles. The summed E-state index contributed by atoms with van der Waals surface area (Å²) in [7, 11) is 1.66. The molecule has 0 fully saturated rings. The second kappa shape index (κ2) is 6.70. The third kappa shape index (κ3) is 3.56. The zero-order chi connectivity index (χ0) is 13.7. The highest BCUT2D eigenvalue weighted by Crippen LogP contribution is 2.24. The highest BCUT2D eigenvalue weighted by Gasteiger charge is 2.17. The summed E-state index contributed by atoms with van der Waals surface area (Å²) < 4.78 is 6.88. The van der Waals surface area contributed by atoms with Crippen molar-refractivity contribution in [3.05, 3.63) is 52.8 Å². The van der Waals surface area contributed by atoms with Crippen molar-refractivity contribution in [3.8, 4) is 0 Å². The van der Waals surface area contributed by atoms with E-state index in [4.69, 9.17) is 22.1 Å². The molecule has 2 aromatic rings. The number of halogens is 1. The molecule has 0 amide bonds. The summed E-state index contributed by atoms with van der Waals surface area (Å²) in [4.78, 5) is 0. The second-order valence-electron chi connectivity index (χ2n) is 4.39. The molecule has 4 nitrogen and oxygen atoms in total. The van der Waals surface area contributed by atoms with E-state index in [2.05, 4.69) is 17.2 Å². The first-order valence-electron chi connectivity index (χ1n) is 6.22. The molecule has 0 spiro atoms. The van der Waals surface area contributed by atoms with E-state index in [1.165, 1.54) is 5.56 Å². The minimum Gasteiger partial charge on any atom is -0.383 e. The van der Waals surface area contributed by atoms with Crippen molar-refractivity contribution in [2.45, 2.75) is 19.0 Å². The Kier molecular flexibility index (Phi) is 4.96. The number of methoxy groups -OCH3 is 1. The van der Waals surface area contributed by atoms with E-state index in [1.54, 1.807) is 13.3 Å². The van der Waals surface area contributed by atoms with Crippen molar-refractivity contribution in [2.75, 3.05) is 13.7 Å². The fourth-order valence-corrected chi connectivity index (χ4v) is 2.34. The molecule has 0 aliphatic heterocycles. The molecule has 0 aliphatic rings.